The summed E-state index contributed by atoms with van der Waals surface area (Å²) in [7, 11) is 0. The van der Waals surface area contributed by atoms with Gasteiger partial charge in [0, 0.05) is 45.0 Å². The first-order valence-corrected chi connectivity index (χ1v) is 10.1. The van der Waals surface area contributed by atoms with E-state index in [1.54, 1.807) is 16.7 Å². The molecular formula is C19H24ClF3N4O3. The largest absolute Gasteiger partial charge is 0.417 e. The number of ether oxygens (including phenoxy) is 1. The van der Waals surface area contributed by atoms with E-state index in [9.17, 15) is 22.8 Å². The molecule has 1 aromatic carbocycles. The van der Waals surface area contributed by atoms with Gasteiger partial charge in [-0.15, -0.1) is 0 Å². The molecule has 1 aromatic rings. The first-order valence-electron chi connectivity index (χ1n) is 9.70. The second kappa shape index (κ2) is 9.40. The summed E-state index contributed by atoms with van der Waals surface area (Å²) in [5.74, 6) is -0.418. The molecule has 3 rings (SSSR count). The molecule has 3 amide bonds. The molecule has 2 aliphatic heterocycles. The molecule has 166 valence electrons. The van der Waals surface area contributed by atoms with Crippen LogP contribution in [0.1, 0.15) is 12.5 Å². The van der Waals surface area contributed by atoms with Crippen molar-refractivity contribution in [3.63, 3.8) is 0 Å². The number of urea groups is 1. The van der Waals surface area contributed by atoms with Crippen LogP contribution in [0.4, 0.5) is 23.7 Å². The lowest BCUT2D eigenvalue weighted by Crippen LogP contribution is -2.57. The number of amides is 3. The van der Waals surface area contributed by atoms with E-state index in [1.807, 2.05) is 4.90 Å². The second-order valence-electron chi connectivity index (χ2n) is 7.26. The van der Waals surface area contributed by atoms with Crippen molar-refractivity contribution in [3.05, 3.63) is 28.8 Å². The molecule has 2 saturated heterocycles. The van der Waals surface area contributed by atoms with Crippen LogP contribution >= 0.6 is 11.6 Å². The van der Waals surface area contributed by atoms with Crippen LogP contribution in [-0.2, 0) is 15.7 Å². The lowest BCUT2D eigenvalue weighted by molar-refractivity contribution is -0.137. The Kier molecular flexibility index (Phi) is 7.10. The quantitative estimate of drug-likeness (QED) is 0.772. The van der Waals surface area contributed by atoms with Crippen LogP contribution in [0.3, 0.4) is 0 Å². The number of morpholine rings is 1. The fraction of sp³-hybridized carbons (Fsp3) is 0.579. The third-order valence-electron chi connectivity index (χ3n) is 5.33. The minimum atomic E-state index is -4.60. The molecule has 0 aliphatic carbocycles. The summed E-state index contributed by atoms with van der Waals surface area (Å²) in [6.45, 7) is 5.85. The number of anilines is 1. The van der Waals surface area contributed by atoms with Crippen LogP contribution in [0.25, 0.3) is 0 Å². The Morgan fingerprint density at radius 1 is 1.07 bits per heavy atom. The van der Waals surface area contributed by atoms with Crippen molar-refractivity contribution in [1.82, 2.24) is 14.7 Å². The Labute approximate surface area is 177 Å². The topological polar surface area (TPSA) is 65.1 Å². The number of carbonyl (C=O) groups is 2. The Bertz CT molecular complexity index is 779. The molecule has 0 bridgehead atoms. The number of hydrogen-bond donors (Lipinski definition) is 1. The highest BCUT2D eigenvalue weighted by atomic mass is 35.5. The first-order chi connectivity index (χ1) is 14.2. The molecule has 0 radical (unpaired) electrons. The van der Waals surface area contributed by atoms with Crippen molar-refractivity contribution >= 4 is 29.2 Å². The number of hydrogen-bond acceptors (Lipinski definition) is 4. The second-order valence-corrected chi connectivity index (χ2v) is 7.67. The maximum Gasteiger partial charge on any atom is 0.417 e. The minimum absolute atomic E-state index is 0.0316. The zero-order chi connectivity index (χ0) is 21.9. The van der Waals surface area contributed by atoms with Crippen LogP contribution in [0.2, 0.25) is 5.02 Å². The smallest absolute Gasteiger partial charge is 0.378 e. The van der Waals surface area contributed by atoms with E-state index in [0.29, 0.717) is 52.5 Å². The highest BCUT2D eigenvalue weighted by Crippen LogP contribution is 2.36. The van der Waals surface area contributed by atoms with Gasteiger partial charge in [0.1, 0.15) is 0 Å². The molecule has 11 heteroatoms. The van der Waals surface area contributed by atoms with E-state index in [2.05, 4.69) is 5.32 Å². The zero-order valence-corrected chi connectivity index (χ0v) is 17.3. The number of halogens is 4. The third-order valence-corrected chi connectivity index (χ3v) is 5.66. The van der Waals surface area contributed by atoms with E-state index in [4.69, 9.17) is 16.3 Å². The highest BCUT2D eigenvalue weighted by molar-refractivity contribution is 6.31. The predicted octanol–water partition coefficient (Wildman–Crippen LogP) is 2.76. The van der Waals surface area contributed by atoms with Crippen molar-refractivity contribution in [2.75, 3.05) is 57.8 Å². The first kappa shape index (κ1) is 22.6. The molecule has 2 heterocycles. The summed E-state index contributed by atoms with van der Waals surface area (Å²) in [6, 6.07) is 2.68. The van der Waals surface area contributed by atoms with Crippen LogP contribution < -0.4 is 5.32 Å². The maximum atomic E-state index is 13.0. The van der Waals surface area contributed by atoms with Crippen LogP contribution in [0.5, 0.6) is 0 Å². The van der Waals surface area contributed by atoms with Crippen molar-refractivity contribution < 1.29 is 27.5 Å². The monoisotopic (exact) mass is 448 g/mol. The number of alkyl halides is 3. The average Bonchev–Trinajstić information content (AvgIpc) is 2.74. The molecule has 1 N–H and O–H groups in total. The molecule has 30 heavy (non-hydrogen) atoms. The minimum Gasteiger partial charge on any atom is -0.378 e. The van der Waals surface area contributed by atoms with Gasteiger partial charge in [-0.1, -0.05) is 11.6 Å². The third kappa shape index (κ3) is 5.35. The summed E-state index contributed by atoms with van der Waals surface area (Å²) in [5, 5.41) is 2.10. The molecule has 7 nitrogen and oxygen atoms in total. The van der Waals surface area contributed by atoms with Crippen LogP contribution in [0.15, 0.2) is 18.2 Å². The van der Waals surface area contributed by atoms with Gasteiger partial charge < -0.3 is 19.9 Å². The van der Waals surface area contributed by atoms with E-state index in [1.165, 1.54) is 6.07 Å². The number of rotatable bonds is 3. The standard InChI is InChI=1S/C19H24ClF3N4O3/c1-13(17(28)24-14-2-3-16(20)15(12-14)19(21,22)23)25-4-6-26(7-5-25)18(29)27-8-10-30-11-9-27/h2-3,12-13H,4-11H2,1H3,(H,24,28). The van der Waals surface area contributed by atoms with Gasteiger partial charge in [0.05, 0.1) is 29.8 Å². The lowest BCUT2D eigenvalue weighted by Gasteiger charge is -2.40. The Morgan fingerprint density at radius 3 is 2.27 bits per heavy atom. The molecule has 0 saturated carbocycles. The van der Waals surface area contributed by atoms with Gasteiger partial charge in [-0.3, -0.25) is 9.69 Å². The summed E-state index contributed by atoms with van der Waals surface area (Å²) in [5.41, 5.74) is -0.963. The van der Waals surface area contributed by atoms with Gasteiger partial charge in [-0.2, -0.15) is 13.2 Å². The molecule has 2 fully saturated rings. The number of nitrogens with zero attached hydrogens (tertiary/aromatic N) is 3. The molecule has 1 unspecified atom stereocenters. The maximum absolute atomic E-state index is 13.0. The number of piperazine rings is 1. The van der Waals surface area contributed by atoms with E-state index >= 15 is 0 Å². The Balaban J connectivity index is 1.54. The summed E-state index contributed by atoms with van der Waals surface area (Å²) in [6.07, 6.45) is -4.60. The number of carbonyl (C=O) groups excluding carboxylic acids is 2. The van der Waals surface area contributed by atoms with Crippen LogP contribution in [-0.4, -0.2) is 85.2 Å². The number of nitrogens with one attached hydrogen (secondary N) is 1. The molecule has 1 atom stereocenters. The highest BCUT2D eigenvalue weighted by Gasteiger charge is 2.34. The fourth-order valence-electron chi connectivity index (χ4n) is 3.49. The predicted molar refractivity (Wildman–Crippen MR) is 105 cm³/mol. The van der Waals surface area contributed by atoms with Gasteiger partial charge in [-0.05, 0) is 25.1 Å². The van der Waals surface area contributed by atoms with E-state index in [-0.39, 0.29) is 11.7 Å². The lowest BCUT2D eigenvalue weighted by atomic mass is 10.1. The van der Waals surface area contributed by atoms with Gasteiger partial charge in [0.15, 0.2) is 0 Å². The van der Waals surface area contributed by atoms with Crippen LogP contribution in [0, 0.1) is 0 Å². The van der Waals surface area contributed by atoms with Crippen molar-refractivity contribution in [2.45, 2.75) is 19.1 Å². The van der Waals surface area contributed by atoms with Crippen molar-refractivity contribution in [3.8, 4) is 0 Å². The summed E-state index contributed by atoms with van der Waals surface area (Å²) >= 11 is 5.61. The average molecular weight is 449 g/mol. The molecule has 0 aromatic heterocycles. The van der Waals surface area contributed by atoms with E-state index in [0.717, 1.165) is 12.1 Å². The van der Waals surface area contributed by atoms with Gasteiger partial charge in [-0.25, -0.2) is 4.79 Å². The Morgan fingerprint density at radius 2 is 1.67 bits per heavy atom. The van der Waals surface area contributed by atoms with Gasteiger partial charge in [0.2, 0.25) is 5.91 Å². The zero-order valence-electron chi connectivity index (χ0n) is 16.5. The summed E-state index contributed by atoms with van der Waals surface area (Å²) < 4.78 is 44.3. The van der Waals surface area contributed by atoms with Crippen molar-refractivity contribution in [1.29, 1.82) is 0 Å². The van der Waals surface area contributed by atoms with Crippen molar-refractivity contribution in [2.24, 2.45) is 0 Å². The molecular weight excluding hydrogens is 425 g/mol. The normalized spacial score (nSPS) is 19.5. The van der Waals surface area contributed by atoms with E-state index < -0.39 is 28.7 Å². The van der Waals surface area contributed by atoms with Gasteiger partial charge in [0.25, 0.3) is 0 Å². The Hall–Kier alpha value is -2.04. The fourth-order valence-corrected chi connectivity index (χ4v) is 3.71. The molecule has 2 aliphatic rings. The summed E-state index contributed by atoms with van der Waals surface area (Å²) in [4.78, 5) is 30.5. The number of benzene rings is 1. The SMILES string of the molecule is CC(C(=O)Nc1ccc(Cl)c(C(F)(F)F)c1)N1CCN(C(=O)N2CCOCC2)CC1. The van der Waals surface area contributed by atoms with Gasteiger partial charge >= 0.3 is 12.2 Å². The molecule has 0 spiro atoms.